The van der Waals surface area contributed by atoms with Gasteiger partial charge in [-0.25, -0.2) is 8.78 Å². The van der Waals surface area contributed by atoms with Gasteiger partial charge in [0, 0.05) is 6.61 Å². The maximum absolute atomic E-state index is 14.8. The van der Waals surface area contributed by atoms with Crippen molar-refractivity contribution in [2.24, 2.45) is 0 Å². The van der Waals surface area contributed by atoms with Gasteiger partial charge in [0.05, 0.1) is 8.07 Å². The molecule has 1 aliphatic rings. The fourth-order valence-electron chi connectivity index (χ4n) is 5.29. The van der Waals surface area contributed by atoms with E-state index in [4.69, 9.17) is 5.11 Å². The van der Waals surface area contributed by atoms with Gasteiger partial charge >= 0.3 is 0 Å². The average molecular weight is 459 g/mol. The van der Waals surface area contributed by atoms with Crippen molar-refractivity contribution in [3.63, 3.8) is 0 Å². The molecule has 3 rings (SSSR count). The summed E-state index contributed by atoms with van der Waals surface area (Å²) in [6, 6.07) is 13.9. The van der Waals surface area contributed by atoms with E-state index in [1.165, 1.54) is 10.8 Å². The Bertz CT molecular complexity index is 854. The van der Waals surface area contributed by atoms with Crippen LogP contribution in [0.4, 0.5) is 8.78 Å². The first-order chi connectivity index (χ1) is 15.4. The molecule has 0 atom stereocenters. The lowest BCUT2D eigenvalue weighted by atomic mass is 9.76. The topological polar surface area (TPSA) is 20.2 Å². The highest BCUT2D eigenvalue weighted by molar-refractivity contribution is 6.89. The zero-order chi connectivity index (χ0) is 23.1. The average Bonchev–Trinajstić information content (AvgIpc) is 2.81. The van der Waals surface area contributed by atoms with E-state index in [1.807, 2.05) is 12.1 Å². The van der Waals surface area contributed by atoms with E-state index in [0.717, 1.165) is 57.4 Å². The summed E-state index contributed by atoms with van der Waals surface area (Å²) in [4.78, 5) is 0. The molecule has 1 saturated carbocycles. The van der Waals surface area contributed by atoms with Gasteiger partial charge in [0.2, 0.25) is 0 Å². The van der Waals surface area contributed by atoms with Gasteiger partial charge in [-0.05, 0) is 73.5 Å². The summed E-state index contributed by atoms with van der Waals surface area (Å²) in [6.45, 7) is 7.12. The van der Waals surface area contributed by atoms with Crippen LogP contribution >= 0.6 is 0 Å². The molecule has 1 N–H and O–H groups in total. The molecule has 2 aromatic carbocycles. The monoisotopic (exact) mass is 458 g/mol. The largest absolute Gasteiger partial charge is 0.396 e. The summed E-state index contributed by atoms with van der Waals surface area (Å²) in [7, 11) is -1.49. The summed E-state index contributed by atoms with van der Waals surface area (Å²) in [5.74, 6) is -0.607. The van der Waals surface area contributed by atoms with E-state index < -0.39 is 19.7 Å². The number of unbranched alkanes of at least 4 members (excludes halogenated alkanes) is 2. The van der Waals surface area contributed by atoms with Crippen molar-refractivity contribution in [3.8, 4) is 0 Å². The lowest BCUT2D eigenvalue weighted by molar-refractivity contribution is 0.294. The molecule has 0 amide bonds. The molecule has 4 heteroatoms. The van der Waals surface area contributed by atoms with Crippen molar-refractivity contribution >= 4 is 13.3 Å². The SMILES string of the molecule is CCCCCc1ccc(C2CCC(c3ccc([Si](C)(C)CCCO)cc3)CC2)c(F)c1F. The first-order valence-corrected chi connectivity index (χ1v) is 15.8. The fourth-order valence-corrected chi connectivity index (χ4v) is 7.69. The van der Waals surface area contributed by atoms with Gasteiger partial charge < -0.3 is 5.11 Å². The normalized spacial score (nSPS) is 19.3. The van der Waals surface area contributed by atoms with Crippen molar-refractivity contribution in [1.82, 2.24) is 0 Å². The number of halogens is 2. The summed E-state index contributed by atoms with van der Waals surface area (Å²) >= 11 is 0. The predicted octanol–water partition coefficient (Wildman–Crippen LogP) is 7.44. The van der Waals surface area contributed by atoms with Crippen molar-refractivity contribution in [3.05, 3.63) is 64.7 Å². The van der Waals surface area contributed by atoms with Crippen molar-refractivity contribution in [1.29, 1.82) is 0 Å². The molecule has 1 nitrogen and oxygen atoms in total. The molecular weight excluding hydrogens is 418 g/mol. The standard InChI is InChI=1S/C28H40F2OSi/c1-4-5-6-8-24-15-18-26(28(30)27(24)29)23-11-9-21(10-12-23)22-13-16-25(17-14-22)32(2,3)20-7-19-31/h13-18,21,23,31H,4-12,19-20H2,1-3H3. The molecule has 0 heterocycles. The Kier molecular flexibility index (Phi) is 9.07. The second-order valence-electron chi connectivity index (χ2n) is 10.3. The minimum atomic E-state index is -1.49. The Morgan fingerprint density at radius 1 is 0.844 bits per heavy atom. The minimum absolute atomic E-state index is 0.120. The number of rotatable bonds is 10. The van der Waals surface area contributed by atoms with Crippen LogP contribution in [0.25, 0.3) is 0 Å². The van der Waals surface area contributed by atoms with E-state index in [1.54, 1.807) is 0 Å². The molecule has 176 valence electrons. The Morgan fingerprint density at radius 3 is 2.12 bits per heavy atom. The van der Waals surface area contributed by atoms with Crippen molar-refractivity contribution in [2.75, 3.05) is 6.61 Å². The van der Waals surface area contributed by atoms with Crippen LogP contribution in [0.3, 0.4) is 0 Å². The maximum Gasteiger partial charge on any atom is 0.162 e. The molecular formula is C28H40F2OSi. The molecule has 0 saturated heterocycles. The smallest absolute Gasteiger partial charge is 0.162 e. The quantitative estimate of drug-likeness (QED) is 0.290. The molecule has 2 aromatic rings. The molecule has 0 aliphatic heterocycles. The molecule has 0 unspecified atom stereocenters. The van der Waals surface area contributed by atoms with Crippen LogP contribution in [0.2, 0.25) is 19.1 Å². The molecule has 0 bridgehead atoms. The van der Waals surface area contributed by atoms with E-state index in [2.05, 4.69) is 44.3 Å². The van der Waals surface area contributed by atoms with Gasteiger partial charge in [-0.1, -0.05) is 80.5 Å². The molecule has 1 fully saturated rings. The van der Waals surface area contributed by atoms with E-state index >= 15 is 0 Å². The second kappa shape index (κ2) is 11.6. The zero-order valence-corrected chi connectivity index (χ0v) is 21.1. The van der Waals surface area contributed by atoms with E-state index in [9.17, 15) is 8.78 Å². The van der Waals surface area contributed by atoms with E-state index in [0.29, 0.717) is 23.5 Å². The maximum atomic E-state index is 14.8. The summed E-state index contributed by atoms with van der Waals surface area (Å²) < 4.78 is 29.4. The van der Waals surface area contributed by atoms with Crippen molar-refractivity contribution in [2.45, 2.75) is 95.7 Å². The third-order valence-electron chi connectivity index (χ3n) is 7.53. The first-order valence-electron chi connectivity index (χ1n) is 12.6. The lowest BCUT2D eigenvalue weighted by Crippen LogP contribution is -2.41. The molecule has 0 spiro atoms. The van der Waals surface area contributed by atoms with E-state index in [-0.39, 0.29) is 12.5 Å². The second-order valence-corrected chi connectivity index (χ2v) is 15.1. The summed E-state index contributed by atoms with van der Waals surface area (Å²) in [6.07, 6.45) is 8.42. The van der Waals surface area contributed by atoms with Gasteiger partial charge in [0.25, 0.3) is 0 Å². The van der Waals surface area contributed by atoms with Gasteiger partial charge in [0.1, 0.15) is 0 Å². The van der Waals surface area contributed by atoms with Gasteiger partial charge in [-0.2, -0.15) is 0 Å². The number of hydrogen-bond acceptors (Lipinski definition) is 1. The predicted molar refractivity (Wildman–Crippen MR) is 134 cm³/mol. The lowest BCUT2D eigenvalue weighted by Gasteiger charge is -2.30. The number of aliphatic hydroxyl groups excluding tert-OH is 1. The highest BCUT2D eigenvalue weighted by atomic mass is 28.3. The Labute approximate surface area is 194 Å². The summed E-state index contributed by atoms with van der Waals surface area (Å²) in [5, 5.41) is 10.6. The van der Waals surface area contributed by atoms with Gasteiger partial charge in [0.15, 0.2) is 11.6 Å². The van der Waals surface area contributed by atoms with Crippen LogP contribution in [0.1, 0.15) is 86.8 Å². The van der Waals surface area contributed by atoms with Gasteiger partial charge in [-0.3, -0.25) is 0 Å². The Morgan fingerprint density at radius 2 is 1.50 bits per heavy atom. The third-order valence-corrected chi connectivity index (χ3v) is 11.0. The van der Waals surface area contributed by atoms with Crippen LogP contribution in [-0.2, 0) is 6.42 Å². The highest BCUT2D eigenvalue weighted by Crippen LogP contribution is 2.41. The minimum Gasteiger partial charge on any atom is -0.396 e. The van der Waals surface area contributed by atoms with Crippen molar-refractivity contribution < 1.29 is 13.9 Å². The van der Waals surface area contributed by atoms with Crippen LogP contribution in [-0.4, -0.2) is 19.8 Å². The number of aryl methyl sites for hydroxylation is 1. The Balaban J connectivity index is 1.61. The van der Waals surface area contributed by atoms with Crippen LogP contribution in [0, 0.1) is 11.6 Å². The number of benzene rings is 2. The van der Waals surface area contributed by atoms with Gasteiger partial charge in [-0.15, -0.1) is 0 Å². The zero-order valence-electron chi connectivity index (χ0n) is 20.1. The third kappa shape index (κ3) is 6.08. The highest BCUT2D eigenvalue weighted by Gasteiger charge is 2.28. The first kappa shape index (κ1) is 25.1. The molecule has 0 aromatic heterocycles. The number of aliphatic hydroxyl groups is 1. The fraction of sp³-hybridized carbons (Fsp3) is 0.571. The summed E-state index contributed by atoms with van der Waals surface area (Å²) in [5.41, 5.74) is 2.48. The number of hydrogen-bond donors (Lipinski definition) is 1. The van der Waals surface area contributed by atoms with Crippen LogP contribution < -0.4 is 5.19 Å². The molecule has 32 heavy (non-hydrogen) atoms. The van der Waals surface area contributed by atoms with Crippen LogP contribution in [0.5, 0.6) is 0 Å². The molecule has 1 aliphatic carbocycles. The van der Waals surface area contributed by atoms with Crippen LogP contribution in [0.15, 0.2) is 36.4 Å². The molecule has 0 radical (unpaired) electrons. The Hall–Kier alpha value is -1.52.